The molecule has 0 aliphatic rings. The van der Waals surface area contributed by atoms with Gasteiger partial charge in [-0.05, 0) is 0 Å². The van der Waals surface area contributed by atoms with Gasteiger partial charge in [-0.25, -0.2) is 0 Å². The van der Waals surface area contributed by atoms with Gasteiger partial charge >= 0.3 is 6.18 Å². The molecule has 0 bridgehead atoms. The molecule has 1 aromatic rings. The zero-order valence-corrected chi connectivity index (χ0v) is 7.77. The average Bonchev–Trinajstić information content (AvgIpc) is 2.01. The van der Waals surface area contributed by atoms with Crippen LogP contribution in [0.3, 0.4) is 0 Å². The number of rotatable bonds is 1. The summed E-state index contributed by atoms with van der Waals surface area (Å²) in [4.78, 5) is 9.08. The van der Waals surface area contributed by atoms with E-state index in [1.807, 2.05) is 0 Å². The van der Waals surface area contributed by atoms with Crippen molar-refractivity contribution in [2.75, 3.05) is 9.67 Å². The maximum absolute atomic E-state index is 12.1. The van der Waals surface area contributed by atoms with Crippen molar-refractivity contribution in [3.8, 4) is 0 Å². The van der Waals surface area contributed by atoms with Crippen molar-refractivity contribution >= 4 is 35.5 Å². The standard InChI is InChI=1S/C4H2Cl2F3N5/c5-14(6)3-12-1(4(7,8)9)11-2(10)13-3/h(H2,10,11,12,13). The summed E-state index contributed by atoms with van der Waals surface area (Å²) < 4.78 is 36.6. The fourth-order valence-corrected chi connectivity index (χ4v) is 0.734. The summed E-state index contributed by atoms with van der Waals surface area (Å²) in [6.45, 7) is 0. The zero-order chi connectivity index (χ0) is 10.9. The third kappa shape index (κ3) is 2.48. The van der Waals surface area contributed by atoms with Gasteiger partial charge < -0.3 is 5.73 Å². The Bertz CT molecular complexity index is 340. The van der Waals surface area contributed by atoms with Crippen LogP contribution in [-0.4, -0.2) is 15.0 Å². The molecule has 5 nitrogen and oxygen atoms in total. The van der Waals surface area contributed by atoms with Crippen LogP contribution in [0.4, 0.5) is 25.1 Å². The second-order valence-electron chi connectivity index (χ2n) is 2.05. The SMILES string of the molecule is Nc1nc(N(Cl)Cl)nc(C(F)(F)F)n1. The second kappa shape index (κ2) is 3.62. The molecule has 78 valence electrons. The lowest BCUT2D eigenvalue weighted by molar-refractivity contribution is -0.144. The van der Waals surface area contributed by atoms with Crippen molar-refractivity contribution in [3.05, 3.63) is 5.82 Å². The van der Waals surface area contributed by atoms with Crippen molar-refractivity contribution in [1.82, 2.24) is 15.0 Å². The largest absolute Gasteiger partial charge is 0.451 e. The van der Waals surface area contributed by atoms with Crippen molar-refractivity contribution in [3.63, 3.8) is 0 Å². The summed E-state index contributed by atoms with van der Waals surface area (Å²) in [7, 11) is 0. The van der Waals surface area contributed by atoms with Crippen LogP contribution in [0.1, 0.15) is 5.82 Å². The van der Waals surface area contributed by atoms with Crippen molar-refractivity contribution < 1.29 is 13.2 Å². The van der Waals surface area contributed by atoms with E-state index >= 15 is 0 Å². The molecule has 0 saturated heterocycles. The Kier molecular flexibility index (Phi) is 2.86. The summed E-state index contributed by atoms with van der Waals surface area (Å²) >= 11 is 10.2. The van der Waals surface area contributed by atoms with E-state index in [0.717, 1.165) is 0 Å². The Balaban J connectivity index is 3.21. The Labute approximate surface area is 85.9 Å². The number of aromatic nitrogens is 3. The number of nitrogens with zero attached hydrogens (tertiary/aromatic N) is 4. The maximum Gasteiger partial charge on any atom is 0.451 e. The first-order valence-corrected chi connectivity index (χ1v) is 3.69. The zero-order valence-electron chi connectivity index (χ0n) is 6.26. The summed E-state index contributed by atoms with van der Waals surface area (Å²) in [5.74, 6) is -2.66. The number of nitrogen functional groups attached to an aromatic ring is 1. The lowest BCUT2D eigenvalue weighted by Gasteiger charge is -2.08. The number of hydrogen-bond donors (Lipinski definition) is 1. The number of nitrogens with two attached hydrogens (primary N) is 1. The summed E-state index contributed by atoms with van der Waals surface area (Å²) in [6.07, 6.45) is -4.73. The minimum atomic E-state index is -4.73. The van der Waals surface area contributed by atoms with Crippen LogP contribution in [-0.2, 0) is 6.18 Å². The molecule has 0 atom stereocenters. The summed E-state index contributed by atoms with van der Waals surface area (Å²) in [5, 5.41) is 0. The highest BCUT2D eigenvalue weighted by atomic mass is 35.5. The van der Waals surface area contributed by atoms with Gasteiger partial charge in [0.25, 0.3) is 5.95 Å². The van der Waals surface area contributed by atoms with Crippen molar-refractivity contribution in [1.29, 1.82) is 0 Å². The molecule has 0 aromatic carbocycles. The van der Waals surface area contributed by atoms with Gasteiger partial charge in [0.05, 0.1) is 0 Å². The third-order valence-electron chi connectivity index (χ3n) is 1.05. The maximum atomic E-state index is 12.1. The van der Waals surface area contributed by atoms with Gasteiger partial charge in [0, 0.05) is 23.6 Å². The quantitative estimate of drug-likeness (QED) is 0.764. The fraction of sp³-hybridized carbons (Fsp3) is 0.250. The van der Waals surface area contributed by atoms with E-state index in [1.54, 1.807) is 0 Å². The van der Waals surface area contributed by atoms with E-state index in [-0.39, 0.29) is 3.94 Å². The van der Waals surface area contributed by atoms with E-state index in [9.17, 15) is 13.2 Å². The van der Waals surface area contributed by atoms with Gasteiger partial charge in [-0.2, -0.15) is 32.1 Å². The van der Waals surface area contributed by atoms with Crippen LogP contribution in [0.25, 0.3) is 0 Å². The van der Waals surface area contributed by atoms with E-state index in [0.29, 0.717) is 0 Å². The van der Waals surface area contributed by atoms with E-state index in [4.69, 9.17) is 29.3 Å². The van der Waals surface area contributed by atoms with Gasteiger partial charge in [-0.3, -0.25) is 0 Å². The molecule has 0 radical (unpaired) electrons. The molecule has 1 heterocycles. The van der Waals surface area contributed by atoms with Gasteiger partial charge in [0.15, 0.2) is 0 Å². The Morgan fingerprint density at radius 3 is 2.14 bits per heavy atom. The first kappa shape index (κ1) is 11.1. The number of halogens is 5. The molecule has 10 heteroatoms. The highest BCUT2D eigenvalue weighted by Crippen LogP contribution is 2.27. The van der Waals surface area contributed by atoms with E-state index in [2.05, 4.69) is 15.0 Å². The Morgan fingerprint density at radius 1 is 1.14 bits per heavy atom. The molecule has 0 spiro atoms. The fourth-order valence-electron chi connectivity index (χ4n) is 0.583. The van der Waals surface area contributed by atoms with Crippen LogP contribution in [0.15, 0.2) is 0 Å². The van der Waals surface area contributed by atoms with Crippen LogP contribution in [0, 0.1) is 0 Å². The smallest absolute Gasteiger partial charge is 0.368 e. The average molecular weight is 248 g/mol. The lowest BCUT2D eigenvalue weighted by atomic mass is 10.6. The molecule has 0 aliphatic carbocycles. The second-order valence-corrected chi connectivity index (χ2v) is 2.90. The first-order valence-electron chi connectivity index (χ1n) is 3.01. The molecule has 1 aromatic heterocycles. The molecular formula is C4H2Cl2F3N5. The minimum Gasteiger partial charge on any atom is -0.368 e. The predicted molar refractivity (Wildman–Crippen MR) is 43.4 cm³/mol. The molecule has 0 unspecified atom stereocenters. The number of anilines is 2. The predicted octanol–water partition coefficient (Wildman–Crippen LogP) is 1.59. The van der Waals surface area contributed by atoms with Gasteiger partial charge in [0.1, 0.15) is 0 Å². The number of alkyl halides is 3. The normalized spacial score (nSPS) is 11.5. The molecule has 2 N–H and O–H groups in total. The molecule has 1 rings (SSSR count). The van der Waals surface area contributed by atoms with Crippen molar-refractivity contribution in [2.24, 2.45) is 0 Å². The minimum absolute atomic E-state index is 0.257. The van der Waals surface area contributed by atoms with Crippen LogP contribution < -0.4 is 9.67 Å². The number of hydrogen-bond acceptors (Lipinski definition) is 5. The highest BCUT2D eigenvalue weighted by molar-refractivity contribution is 6.48. The van der Waals surface area contributed by atoms with Crippen LogP contribution in [0.2, 0.25) is 0 Å². The van der Waals surface area contributed by atoms with Crippen LogP contribution >= 0.6 is 23.6 Å². The lowest BCUT2D eigenvalue weighted by Crippen LogP contribution is -2.16. The van der Waals surface area contributed by atoms with Gasteiger partial charge in [0.2, 0.25) is 11.8 Å². The Hall–Kier alpha value is -1.02. The molecule has 0 saturated carbocycles. The van der Waals surface area contributed by atoms with E-state index < -0.39 is 23.9 Å². The van der Waals surface area contributed by atoms with Crippen LogP contribution in [0.5, 0.6) is 0 Å². The summed E-state index contributed by atoms with van der Waals surface area (Å²) in [6, 6.07) is 0. The summed E-state index contributed by atoms with van der Waals surface area (Å²) in [5.41, 5.74) is 4.99. The third-order valence-corrected chi connectivity index (χ3v) is 1.35. The monoisotopic (exact) mass is 247 g/mol. The van der Waals surface area contributed by atoms with Gasteiger partial charge in [-0.15, -0.1) is 0 Å². The topological polar surface area (TPSA) is 67.9 Å². The van der Waals surface area contributed by atoms with Gasteiger partial charge in [-0.1, -0.05) is 0 Å². The first-order chi connectivity index (χ1) is 6.30. The molecular weight excluding hydrogens is 246 g/mol. The highest BCUT2D eigenvalue weighted by Gasteiger charge is 2.36. The molecule has 0 fully saturated rings. The molecule has 0 amide bonds. The Morgan fingerprint density at radius 2 is 1.71 bits per heavy atom. The molecule has 0 aliphatic heterocycles. The molecule has 14 heavy (non-hydrogen) atoms. The van der Waals surface area contributed by atoms with Crippen molar-refractivity contribution in [2.45, 2.75) is 6.18 Å². The van der Waals surface area contributed by atoms with E-state index in [1.165, 1.54) is 0 Å².